The zero-order valence-electron chi connectivity index (χ0n) is 12.5. The van der Waals surface area contributed by atoms with E-state index in [1.807, 2.05) is 0 Å². The number of aliphatic imine (C=N–C) groups is 1. The van der Waals surface area contributed by atoms with E-state index in [-0.39, 0.29) is 13.2 Å². The summed E-state index contributed by atoms with van der Waals surface area (Å²) in [7, 11) is 0. The van der Waals surface area contributed by atoms with E-state index in [1.54, 1.807) is 32.0 Å². The quantitative estimate of drug-likeness (QED) is 0.518. The lowest BCUT2D eigenvalue weighted by atomic mass is 10.2. The molecular weight excluding hydrogens is 354 g/mol. The van der Waals surface area contributed by atoms with E-state index in [9.17, 15) is 9.59 Å². The van der Waals surface area contributed by atoms with Crippen molar-refractivity contribution >= 4 is 34.1 Å². The molecule has 0 saturated carbocycles. The monoisotopic (exact) mass is 371 g/mol. The van der Waals surface area contributed by atoms with Crippen LogP contribution in [0.4, 0.5) is 0 Å². The minimum absolute atomic E-state index is 0.0718. The van der Waals surface area contributed by atoms with Crippen molar-refractivity contribution in [2.75, 3.05) is 26.4 Å². The van der Waals surface area contributed by atoms with Crippen LogP contribution in [0.3, 0.4) is 0 Å². The Hall–Kier alpha value is -1.89. The highest BCUT2D eigenvalue weighted by molar-refractivity contribution is 9.10. The molecule has 0 aliphatic rings. The standard InChI is InChI=1S/C15H18BrNO5/c1-3-20-14(18)9-17-8-11-7-12(16)5-6-13(11)22-10-15(19)21-4-2/h5-8H,3-4,9-10H2,1-2H3. The SMILES string of the molecule is CCOC(=O)CN=Cc1cc(Br)ccc1OCC(=O)OCC. The Morgan fingerprint density at radius 1 is 1.18 bits per heavy atom. The van der Waals surface area contributed by atoms with Crippen molar-refractivity contribution in [2.45, 2.75) is 13.8 Å². The highest BCUT2D eigenvalue weighted by Crippen LogP contribution is 2.21. The van der Waals surface area contributed by atoms with Crippen LogP contribution in [0, 0.1) is 0 Å². The number of carbonyl (C=O) groups is 2. The number of halogens is 1. The van der Waals surface area contributed by atoms with Crippen LogP contribution in [0.1, 0.15) is 19.4 Å². The van der Waals surface area contributed by atoms with Crippen LogP contribution >= 0.6 is 15.9 Å². The van der Waals surface area contributed by atoms with Crippen molar-refractivity contribution < 1.29 is 23.8 Å². The molecule has 0 saturated heterocycles. The molecule has 0 atom stereocenters. The lowest BCUT2D eigenvalue weighted by molar-refractivity contribution is -0.145. The number of nitrogens with zero attached hydrogens (tertiary/aromatic N) is 1. The maximum Gasteiger partial charge on any atom is 0.344 e. The van der Waals surface area contributed by atoms with Gasteiger partial charge in [0.1, 0.15) is 12.3 Å². The second-order valence-electron chi connectivity index (χ2n) is 4.05. The third kappa shape index (κ3) is 6.71. The van der Waals surface area contributed by atoms with Gasteiger partial charge >= 0.3 is 11.9 Å². The van der Waals surface area contributed by atoms with Gasteiger partial charge in [-0.05, 0) is 32.0 Å². The zero-order chi connectivity index (χ0) is 16.4. The van der Waals surface area contributed by atoms with Crippen LogP contribution in [0.25, 0.3) is 0 Å². The van der Waals surface area contributed by atoms with E-state index in [0.29, 0.717) is 24.5 Å². The summed E-state index contributed by atoms with van der Waals surface area (Å²) in [5, 5.41) is 0. The lowest BCUT2D eigenvalue weighted by Crippen LogP contribution is -2.15. The highest BCUT2D eigenvalue weighted by atomic mass is 79.9. The summed E-state index contributed by atoms with van der Waals surface area (Å²) in [5.41, 5.74) is 0.642. The van der Waals surface area contributed by atoms with Crippen LogP contribution in [-0.4, -0.2) is 44.5 Å². The average Bonchev–Trinajstić information content (AvgIpc) is 2.47. The molecule has 0 fully saturated rings. The average molecular weight is 372 g/mol. The van der Waals surface area contributed by atoms with Crippen LogP contribution < -0.4 is 4.74 Å². The molecule has 0 aliphatic carbocycles. The molecule has 0 bridgehead atoms. The molecule has 1 aromatic rings. The fraction of sp³-hybridized carbons (Fsp3) is 0.400. The number of hydrogen-bond acceptors (Lipinski definition) is 6. The van der Waals surface area contributed by atoms with Crippen molar-refractivity contribution in [3.05, 3.63) is 28.2 Å². The Kier molecular flexibility index (Phi) is 8.21. The van der Waals surface area contributed by atoms with Crippen LogP contribution in [0.2, 0.25) is 0 Å². The van der Waals surface area contributed by atoms with Crippen LogP contribution in [0.5, 0.6) is 5.75 Å². The topological polar surface area (TPSA) is 74.2 Å². The Labute approximate surface area is 137 Å². The molecule has 0 N–H and O–H groups in total. The van der Waals surface area contributed by atoms with Crippen molar-refractivity contribution in [1.82, 2.24) is 0 Å². The molecule has 1 aromatic carbocycles. The predicted molar refractivity (Wildman–Crippen MR) is 85.4 cm³/mol. The van der Waals surface area contributed by atoms with Gasteiger partial charge in [0.25, 0.3) is 0 Å². The van der Waals surface area contributed by atoms with E-state index < -0.39 is 11.9 Å². The molecule has 22 heavy (non-hydrogen) atoms. The summed E-state index contributed by atoms with van der Waals surface area (Å²) >= 11 is 3.35. The van der Waals surface area contributed by atoms with Gasteiger partial charge in [-0.1, -0.05) is 15.9 Å². The molecule has 7 heteroatoms. The van der Waals surface area contributed by atoms with Gasteiger partial charge in [-0.3, -0.25) is 9.79 Å². The van der Waals surface area contributed by atoms with Gasteiger partial charge in [0.05, 0.1) is 13.2 Å². The van der Waals surface area contributed by atoms with E-state index in [2.05, 4.69) is 20.9 Å². The Morgan fingerprint density at radius 3 is 2.55 bits per heavy atom. The predicted octanol–water partition coefficient (Wildman–Crippen LogP) is 2.37. The second kappa shape index (κ2) is 9.94. The van der Waals surface area contributed by atoms with Gasteiger partial charge in [-0.2, -0.15) is 0 Å². The number of benzene rings is 1. The minimum Gasteiger partial charge on any atom is -0.481 e. The summed E-state index contributed by atoms with van der Waals surface area (Å²) in [6.45, 7) is 3.82. The van der Waals surface area contributed by atoms with Crippen molar-refractivity contribution in [2.24, 2.45) is 4.99 Å². The number of carbonyl (C=O) groups excluding carboxylic acids is 2. The zero-order valence-corrected chi connectivity index (χ0v) is 14.1. The van der Waals surface area contributed by atoms with Gasteiger partial charge in [0.15, 0.2) is 6.61 Å². The molecule has 6 nitrogen and oxygen atoms in total. The fourth-order valence-electron chi connectivity index (χ4n) is 1.52. The summed E-state index contributed by atoms with van der Waals surface area (Å²) in [6, 6.07) is 5.26. The minimum atomic E-state index is -0.445. The lowest BCUT2D eigenvalue weighted by Gasteiger charge is -2.09. The molecule has 0 amide bonds. The summed E-state index contributed by atoms with van der Waals surface area (Å²) < 4.78 is 15.8. The van der Waals surface area contributed by atoms with Gasteiger partial charge < -0.3 is 14.2 Å². The fourth-order valence-corrected chi connectivity index (χ4v) is 1.89. The summed E-state index contributed by atoms with van der Waals surface area (Å²) in [6.07, 6.45) is 1.50. The van der Waals surface area contributed by atoms with Gasteiger partial charge in [0.2, 0.25) is 0 Å². The van der Waals surface area contributed by atoms with Crippen molar-refractivity contribution in [3.63, 3.8) is 0 Å². The maximum absolute atomic E-state index is 11.3. The normalized spacial score (nSPS) is 10.5. The second-order valence-corrected chi connectivity index (χ2v) is 4.97. The number of hydrogen-bond donors (Lipinski definition) is 0. The first-order valence-electron chi connectivity index (χ1n) is 6.80. The smallest absolute Gasteiger partial charge is 0.344 e. The van der Waals surface area contributed by atoms with E-state index >= 15 is 0 Å². The van der Waals surface area contributed by atoms with Gasteiger partial charge in [-0.25, -0.2) is 4.79 Å². The Morgan fingerprint density at radius 2 is 1.86 bits per heavy atom. The molecular formula is C15H18BrNO5. The van der Waals surface area contributed by atoms with Gasteiger partial charge in [-0.15, -0.1) is 0 Å². The molecule has 0 radical (unpaired) electrons. The third-order valence-corrected chi connectivity index (χ3v) is 2.87. The van der Waals surface area contributed by atoms with Gasteiger partial charge in [0, 0.05) is 16.3 Å². The molecule has 0 unspecified atom stereocenters. The number of esters is 2. The van der Waals surface area contributed by atoms with E-state index in [4.69, 9.17) is 14.2 Å². The van der Waals surface area contributed by atoms with E-state index in [0.717, 1.165) is 4.47 Å². The Bertz CT molecular complexity index is 545. The molecule has 0 spiro atoms. The first kappa shape index (κ1) is 18.2. The van der Waals surface area contributed by atoms with Crippen LogP contribution in [0.15, 0.2) is 27.7 Å². The highest BCUT2D eigenvalue weighted by Gasteiger charge is 2.07. The largest absolute Gasteiger partial charge is 0.481 e. The maximum atomic E-state index is 11.3. The summed E-state index contributed by atoms with van der Waals surface area (Å²) in [5.74, 6) is -0.369. The first-order chi connectivity index (χ1) is 10.6. The molecule has 0 heterocycles. The first-order valence-corrected chi connectivity index (χ1v) is 7.59. The molecule has 0 aliphatic heterocycles. The molecule has 0 aromatic heterocycles. The number of rotatable bonds is 8. The summed E-state index contributed by atoms with van der Waals surface area (Å²) in [4.78, 5) is 26.6. The third-order valence-electron chi connectivity index (χ3n) is 2.38. The van der Waals surface area contributed by atoms with E-state index in [1.165, 1.54) is 6.21 Å². The van der Waals surface area contributed by atoms with Crippen LogP contribution in [-0.2, 0) is 19.1 Å². The van der Waals surface area contributed by atoms with Crippen molar-refractivity contribution in [3.8, 4) is 5.75 Å². The molecule has 120 valence electrons. The Balaban J connectivity index is 2.71. The number of ether oxygens (including phenoxy) is 3. The van der Waals surface area contributed by atoms with Crippen molar-refractivity contribution in [1.29, 1.82) is 0 Å². The molecule has 1 rings (SSSR count).